The van der Waals surface area contributed by atoms with E-state index in [4.69, 9.17) is 4.74 Å². The Kier molecular flexibility index (Phi) is 18.8. The van der Waals surface area contributed by atoms with Crippen molar-refractivity contribution in [2.75, 3.05) is 47.4 Å². The van der Waals surface area contributed by atoms with Gasteiger partial charge in [0, 0.05) is 13.7 Å². The molecule has 0 aliphatic rings. The molecule has 0 aliphatic carbocycles. The molecule has 0 aromatic heterocycles. The van der Waals surface area contributed by atoms with Crippen molar-refractivity contribution in [1.29, 1.82) is 0 Å². The summed E-state index contributed by atoms with van der Waals surface area (Å²) in [5.41, 5.74) is 0. The molecule has 0 radical (unpaired) electrons. The topological polar surface area (TPSA) is 24.5 Å². The SMILES string of the molecule is COCCNCCCCCCCCCCCCCCN(C)C. The second kappa shape index (κ2) is 18.9. The van der Waals surface area contributed by atoms with Crippen LogP contribution in [0.4, 0.5) is 0 Å². The lowest BCUT2D eigenvalue weighted by molar-refractivity contribution is 0.199. The van der Waals surface area contributed by atoms with Gasteiger partial charge in [-0.3, -0.25) is 0 Å². The summed E-state index contributed by atoms with van der Waals surface area (Å²) in [6, 6.07) is 0. The summed E-state index contributed by atoms with van der Waals surface area (Å²) in [5, 5.41) is 3.40. The number of hydrogen-bond acceptors (Lipinski definition) is 3. The van der Waals surface area contributed by atoms with Crippen LogP contribution in [-0.2, 0) is 4.74 Å². The van der Waals surface area contributed by atoms with Crippen LogP contribution in [0.3, 0.4) is 0 Å². The maximum atomic E-state index is 5.01. The highest BCUT2D eigenvalue weighted by Gasteiger charge is 1.95. The third-order valence-corrected chi connectivity index (χ3v) is 4.19. The van der Waals surface area contributed by atoms with E-state index in [9.17, 15) is 0 Å². The molecule has 0 heterocycles. The van der Waals surface area contributed by atoms with E-state index in [0.717, 1.165) is 19.7 Å². The van der Waals surface area contributed by atoms with Crippen molar-refractivity contribution in [3.63, 3.8) is 0 Å². The third-order valence-electron chi connectivity index (χ3n) is 4.19. The van der Waals surface area contributed by atoms with Crippen molar-refractivity contribution in [1.82, 2.24) is 10.2 Å². The molecule has 3 nitrogen and oxygen atoms in total. The lowest BCUT2D eigenvalue weighted by atomic mass is 10.1. The molecule has 0 fully saturated rings. The Labute approximate surface area is 140 Å². The number of rotatable bonds is 18. The smallest absolute Gasteiger partial charge is 0.0587 e. The zero-order valence-electron chi connectivity index (χ0n) is 15.7. The molecule has 0 rings (SSSR count). The number of unbranched alkanes of at least 4 members (excludes halogenated alkanes) is 11. The van der Waals surface area contributed by atoms with Crippen LogP contribution < -0.4 is 5.32 Å². The highest BCUT2D eigenvalue weighted by atomic mass is 16.5. The Morgan fingerprint density at radius 2 is 1.09 bits per heavy atom. The highest BCUT2D eigenvalue weighted by Crippen LogP contribution is 2.11. The molecule has 0 unspecified atom stereocenters. The number of hydrogen-bond donors (Lipinski definition) is 1. The molecule has 134 valence electrons. The molecule has 1 N–H and O–H groups in total. The van der Waals surface area contributed by atoms with Crippen molar-refractivity contribution in [2.24, 2.45) is 0 Å². The Balaban J connectivity index is 2.94. The molecule has 0 aromatic rings. The summed E-state index contributed by atoms with van der Waals surface area (Å²) in [4.78, 5) is 2.29. The first-order valence-electron chi connectivity index (χ1n) is 9.61. The zero-order chi connectivity index (χ0) is 16.3. The maximum absolute atomic E-state index is 5.01. The highest BCUT2D eigenvalue weighted by molar-refractivity contribution is 4.51. The molecule has 0 saturated carbocycles. The standard InChI is InChI=1S/C19H42N2O/c1-21(2)18-15-13-11-9-7-5-4-6-8-10-12-14-16-20-17-19-22-3/h20H,4-19H2,1-3H3. The van der Waals surface area contributed by atoms with E-state index >= 15 is 0 Å². The van der Waals surface area contributed by atoms with Crippen LogP contribution in [-0.4, -0.2) is 52.3 Å². The van der Waals surface area contributed by atoms with Crippen LogP contribution >= 0.6 is 0 Å². The molecule has 0 spiro atoms. The third kappa shape index (κ3) is 19.9. The predicted molar refractivity (Wildman–Crippen MR) is 98.7 cm³/mol. The van der Waals surface area contributed by atoms with Crippen molar-refractivity contribution in [2.45, 2.75) is 77.0 Å². The minimum atomic E-state index is 0.829. The van der Waals surface area contributed by atoms with Crippen LogP contribution in [0.25, 0.3) is 0 Å². The largest absolute Gasteiger partial charge is 0.383 e. The Morgan fingerprint density at radius 1 is 0.636 bits per heavy atom. The van der Waals surface area contributed by atoms with Crippen molar-refractivity contribution < 1.29 is 4.74 Å². The van der Waals surface area contributed by atoms with E-state index in [1.54, 1.807) is 7.11 Å². The van der Waals surface area contributed by atoms with E-state index in [1.807, 2.05) is 0 Å². The zero-order valence-corrected chi connectivity index (χ0v) is 15.7. The van der Waals surface area contributed by atoms with Crippen molar-refractivity contribution in [3.8, 4) is 0 Å². The molecule has 22 heavy (non-hydrogen) atoms. The minimum Gasteiger partial charge on any atom is -0.383 e. The van der Waals surface area contributed by atoms with Gasteiger partial charge in [0.15, 0.2) is 0 Å². The second-order valence-corrected chi connectivity index (χ2v) is 6.79. The minimum absolute atomic E-state index is 0.829. The summed E-state index contributed by atoms with van der Waals surface area (Å²) in [6.07, 6.45) is 17.0. The number of methoxy groups -OCH3 is 1. The van der Waals surface area contributed by atoms with Crippen LogP contribution in [0.1, 0.15) is 77.0 Å². The van der Waals surface area contributed by atoms with Crippen LogP contribution in [0, 0.1) is 0 Å². The van der Waals surface area contributed by atoms with Crippen molar-refractivity contribution in [3.05, 3.63) is 0 Å². The van der Waals surface area contributed by atoms with Crippen molar-refractivity contribution >= 4 is 0 Å². The fraction of sp³-hybridized carbons (Fsp3) is 1.00. The second-order valence-electron chi connectivity index (χ2n) is 6.79. The summed E-state index contributed by atoms with van der Waals surface area (Å²) < 4.78 is 5.01. The maximum Gasteiger partial charge on any atom is 0.0587 e. The average molecular weight is 315 g/mol. The molecule has 0 aromatic carbocycles. The van der Waals surface area contributed by atoms with Gasteiger partial charge < -0.3 is 15.0 Å². The first-order valence-corrected chi connectivity index (χ1v) is 9.61. The summed E-state index contributed by atoms with van der Waals surface area (Å²) in [7, 11) is 6.09. The van der Waals surface area contributed by atoms with Gasteiger partial charge in [-0.15, -0.1) is 0 Å². The van der Waals surface area contributed by atoms with E-state index in [2.05, 4.69) is 24.3 Å². The summed E-state index contributed by atoms with van der Waals surface area (Å²) in [6.45, 7) is 4.22. The Morgan fingerprint density at radius 3 is 1.55 bits per heavy atom. The average Bonchev–Trinajstić information content (AvgIpc) is 2.50. The first-order chi connectivity index (χ1) is 10.8. The Bertz CT molecular complexity index is 198. The van der Waals surface area contributed by atoms with Gasteiger partial charge in [0.2, 0.25) is 0 Å². The molecule has 0 saturated heterocycles. The van der Waals surface area contributed by atoms with Gasteiger partial charge in [0.05, 0.1) is 6.61 Å². The number of nitrogens with zero attached hydrogens (tertiary/aromatic N) is 1. The van der Waals surface area contributed by atoms with Gasteiger partial charge in [-0.2, -0.15) is 0 Å². The van der Waals surface area contributed by atoms with Gasteiger partial charge in [0.1, 0.15) is 0 Å². The lowest BCUT2D eigenvalue weighted by Gasteiger charge is -2.08. The van der Waals surface area contributed by atoms with Crippen LogP contribution in [0.15, 0.2) is 0 Å². The van der Waals surface area contributed by atoms with Crippen LogP contribution in [0.2, 0.25) is 0 Å². The van der Waals surface area contributed by atoms with E-state index in [1.165, 1.54) is 83.6 Å². The van der Waals surface area contributed by atoms with Crippen LogP contribution in [0.5, 0.6) is 0 Å². The molecule has 0 amide bonds. The molecule has 0 atom stereocenters. The summed E-state index contributed by atoms with van der Waals surface area (Å²) in [5.74, 6) is 0. The normalized spacial score (nSPS) is 11.5. The predicted octanol–water partition coefficient (Wildman–Crippen LogP) is 4.47. The van der Waals surface area contributed by atoms with Gasteiger partial charge in [-0.25, -0.2) is 0 Å². The fourth-order valence-corrected chi connectivity index (χ4v) is 2.75. The molecule has 3 heteroatoms. The van der Waals surface area contributed by atoms with Gasteiger partial charge >= 0.3 is 0 Å². The molecular weight excluding hydrogens is 272 g/mol. The Hall–Kier alpha value is -0.120. The van der Waals surface area contributed by atoms with Gasteiger partial charge in [0.25, 0.3) is 0 Å². The van der Waals surface area contributed by atoms with E-state index in [-0.39, 0.29) is 0 Å². The summed E-state index contributed by atoms with van der Waals surface area (Å²) >= 11 is 0. The quantitative estimate of drug-likeness (QED) is 0.378. The fourth-order valence-electron chi connectivity index (χ4n) is 2.75. The molecule has 0 bridgehead atoms. The lowest BCUT2D eigenvalue weighted by Crippen LogP contribution is -2.20. The van der Waals surface area contributed by atoms with Gasteiger partial charge in [-0.05, 0) is 40.0 Å². The van der Waals surface area contributed by atoms with E-state index in [0.29, 0.717) is 0 Å². The van der Waals surface area contributed by atoms with Gasteiger partial charge in [-0.1, -0.05) is 64.2 Å². The molecular formula is C19H42N2O. The first kappa shape index (κ1) is 21.9. The monoisotopic (exact) mass is 314 g/mol. The molecule has 0 aliphatic heterocycles. The number of ether oxygens (including phenoxy) is 1. The van der Waals surface area contributed by atoms with E-state index < -0.39 is 0 Å². The number of nitrogens with one attached hydrogen (secondary N) is 1.